The second-order valence-electron chi connectivity index (χ2n) is 7.60. The zero-order valence-corrected chi connectivity index (χ0v) is 17.0. The number of thiocarbonyl (C=S) groups is 1. The Kier molecular flexibility index (Phi) is 5.04. The maximum Gasteiger partial charge on any atom is 0.170 e. The second kappa shape index (κ2) is 7.97. The van der Waals surface area contributed by atoms with Crippen LogP contribution in [-0.4, -0.2) is 38.8 Å². The van der Waals surface area contributed by atoms with E-state index in [0.717, 1.165) is 42.5 Å². The van der Waals surface area contributed by atoms with Crippen LogP contribution in [0.25, 0.3) is 5.69 Å². The minimum atomic E-state index is 0.0109. The lowest BCUT2D eigenvalue weighted by Gasteiger charge is -2.29. The molecule has 6 heteroatoms. The molecule has 0 radical (unpaired) electrons. The largest absolute Gasteiger partial charge is 0.376 e. The number of para-hydroxylation sites is 1. The van der Waals surface area contributed by atoms with E-state index in [9.17, 15) is 0 Å². The third kappa shape index (κ3) is 3.66. The molecular formula is C23H24N4OS. The second-order valence-corrected chi connectivity index (χ2v) is 7.99. The number of hydrogen-bond donors (Lipinski definition) is 1. The zero-order valence-electron chi connectivity index (χ0n) is 16.1. The van der Waals surface area contributed by atoms with Crippen LogP contribution in [0.1, 0.15) is 36.2 Å². The van der Waals surface area contributed by atoms with E-state index in [0.29, 0.717) is 0 Å². The Hall–Kier alpha value is -2.70. The smallest absolute Gasteiger partial charge is 0.170 e. The summed E-state index contributed by atoms with van der Waals surface area (Å²) in [5.74, 6) is 0. The van der Waals surface area contributed by atoms with Gasteiger partial charge in [0, 0.05) is 37.4 Å². The third-order valence-corrected chi connectivity index (χ3v) is 6.09. The maximum atomic E-state index is 5.91. The molecule has 148 valence electrons. The molecule has 5 rings (SSSR count). The van der Waals surface area contributed by atoms with Gasteiger partial charge >= 0.3 is 0 Å². The van der Waals surface area contributed by atoms with E-state index in [2.05, 4.69) is 68.6 Å². The molecule has 29 heavy (non-hydrogen) atoms. The maximum absolute atomic E-state index is 5.91. The van der Waals surface area contributed by atoms with Crippen LogP contribution in [0, 0.1) is 0 Å². The SMILES string of the molecule is S=C1N[C@H](c2ccccn2)[C@H](c2ccn(-c3ccccc3)c2)N1C[C@@H]1CCCO1. The van der Waals surface area contributed by atoms with Crippen LogP contribution in [0.2, 0.25) is 0 Å². The standard InChI is InChI=1S/C23H24N4OS/c29-23-25-21(20-10-4-5-12-24-20)22(27(23)16-19-9-6-14-28-19)17-11-13-26(15-17)18-7-2-1-3-8-18/h1-5,7-8,10-13,15,19,21-22H,6,9,14,16H2,(H,25,29)/t19-,21+,22-/m0/s1. The molecule has 0 saturated carbocycles. The van der Waals surface area contributed by atoms with Crippen molar-refractivity contribution < 1.29 is 4.74 Å². The highest BCUT2D eigenvalue weighted by Gasteiger charge is 2.41. The summed E-state index contributed by atoms with van der Waals surface area (Å²) in [6.45, 7) is 1.65. The van der Waals surface area contributed by atoms with Gasteiger partial charge in [-0.1, -0.05) is 24.3 Å². The van der Waals surface area contributed by atoms with Crippen molar-refractivity contribution in [3.63, 3.8) is 0 Å². The van der Waals surface area contributed by atoms with Crippen molar-refractivity contribution in [3.8, 4) is 5.69 Å². The first kappa shape index (κ1) is 18.3. The number of rotatable bonds is 5. The average Bonchev–Trinajstić information content (AvgIpc) is 3.51. The molecule has 3 aromatic rings. The van der Waals surface area contributed by atoms with Crippen molar-refractivity contribution in [1.29, 1.82) is 0 Å². The van der Waals surface area contributed by atoms with Crippen LogP contribution < -0.4 is 5.32 Å². The Morgan fingerprint density at radius 1 is 1.10 bits per heavy atom. The molecule has 0 spiro atoms. The van der Waals surface area contributed by atoms with Crippen LogP contribution in [0.4, 0.5) is 0 Å². The van der Waals surface area contributed by atoms with Gasteiger partial charge in [-0.2, -0.15) is 0 Å². The van der Waals surface area contributed by atoms with E-state index in [-0.39, 0.29) is 18.2 Å². The number of ether oxygens (including phenoxy) is 1. The quantitative estimate of drug-likeness (QED) is 0.651. The number of hydrogen-bond acceptors (Lipinski definition) is 3. The number of nitrogens with zero attached hydrogens (tertiary/aromatic N) is 3. The molecule has 0 bridgehead atoms. The topological polar surface area (TPSA) is 42.3 Å². The predicted molar refractivity (Wildman–Crippen MR) is 117 cm³/mol. The van der Waals surface area contributed by atoms with Gasteiger partial charge in [0.1, 0.15) is 0 Å². The molecule has 4 heterocycles. The Labute approximate surface area is 176 Å². The Bertz CT molecular complexity index is 969. The van der Waals surface area contributed by atoms with E-state index < -0.39 is 0 Å². The third-order valence-electron chi connectivity index (χ3n) is 5.73. The van der Waals surface area contributed by atoms with Crippen molar-refractivity contribution in [3.05, 3.63) is 84.4 Å². The predicted octanol–water partition coefficient (Wildman–Crippen LogP) is 4.02. The molecule has 0 unspecified atom stereocenters. The first-order chi connectivity index (χ1) is 14.3. The molecule has 1 aromatic carbocycles. The van der Waals surface area contributed by atoms with E-state index >= 15 is 0 Å². The highest BCUT2D eigenvalue weighted by Crippen LogP contribution is 2.39. The minimum absolute atomic E-state index is 0.0109. The molecule has 2 aliphatic rings. The number of benzene rings is 1. The van der Waals surface area contributed by atoms with Gasteiger partial charge in [0.15, 0.2) is 5.11 Å². The van der Waals surface area contributed by atoms with Gasteiger partial charge in [-0.15, -0.1) is 0 Å². The number of aromatic nitrogens is 2. The summed E-state index contributed by atoms with van der Waals surface area (Å²) < 4.78 is 8.08. The first-order valence-corrected chi connectivity index (χ1v) is 10.5. The summed E-state index contributed by atoms with van der Waals surface area (Å²) in [7, 11) is 0. The van der Waals surface area contributed by atoms with Crippen LogP contribution in [0.5, 0.6) is 0 Å². The van der Waals surface area contributed by atoms with Gasteiger partial charge in [-0.25, -0.2) is 0 Å². The van der Waals surface area contributed by atoms with Gasteiger partial charge in [0.05, 0.1) is 23.9 Å². The number of pyridine rings is 1. The van der Waals surface area contributed by atoms with Crippen LogP contribution in [0.15, 0.2) is 73.2 Å². The van der Waals surface area contributed by atoms with Crippen molar-refractivity contribution >= 4 is 17.3 Å². The summed E-state index contributed by atoms with van der Waals surface area (Å²) in [4.78, 5) is 6.90. The van der Waals surface area contributed by atoms with E-state index in [1.807, 2.05) is 24.4 Å². The Balaban J connectivity index is 1.50. The zero-order chi connectivity index (χ0) is 19.6. The lowest BCUT2D eigenvalue weighted by molar-refractivity contribution is 0.0842. The monoisotopic (exact) mass is 404 g/mol. The molecule has 2 saturated heterocycles. The summed E-state index contributed by atoms with van der Waals surface area (Å²) in [6, 6.07) is 18.7. The van der Waals surface area contributed by atoms with Crippen molar-refractivity contribution in [2.75, 3.05) is 13.2 Å². The molecule has 0 amide bonds. The van der Waals surface area contributed by atoms with Crippen molar-refractivity contribution in [1.82, 2.24) is 19.8 Å². The summed E-state index contributed by atoms with van der Waals surface area (Å²) >= 11 is 5.75. The summed E-state index contributed by atoms with van der Waals surface area (Å²) in [6.07, 6.45) is 8.60. The Morgan fingerprint density at radius 3 is 2.72 bits per heavy atom. The van der Waals surface area contributed by atoms with E-state index in [1.165, 1.54) is 5.56 Å². The summed E-state index contributed by atoms with van der Waals surface area (Å²) in [5.41, 5.74) is 3.37. The molecule has 2 aliphatic heterocycles. The van der Waals surface area contributed by atoms with E-state index in [1.54, 1.807) is 0 Å². The fraction of sp³-hybridized carbons (Fsp3) is 0.304. The molecule has 5 nitrogen and oxygen atoms in total. The lowest BCUT2D eigenvalue weighted by atomic mass is 9.99. The fourth-order valence-electron chi connectivity index (χ4n) is 4.32. The van der Waals surface area contributed by atoms with Crippen molar-refractivity contribution in [2.24, 2.45) is 0 Å². The highest BCUT2D eigenvalue weighted by atomic mass is 32.1. The summed E-state index contributed by atoms with van der Waals surface area (Å²) in [5, 5.41) is 4.29. The van der Waals surface area contributed by atoms with Crippen molar-refractivity contribution in [2.45, 2.75) is 31.0 Å². The van der Waals surface area contributed by atoms with Gasteiger partial charge < -0.3 is 19.5 Å². The first-order valence-electron chi connectivity index (χ1n) is 10.1. The van der Waals surface area contributed by atoms with E-state index in [4.69, 9.17) is 17.0 Å². The van der Waals surface area contributed by atoms with Crippen LogP contribution in [0.3, 0.4) is 0 Å². The molecule has 1 N–H and O–H groups in total. The minimum Gasteiger partial charge on any atom is -0.376 e. The average molecular weight is 405 g/mol. The van der Waals surface area contributed by atoms with Gasteiger partial charge in [0.2, 0.25) is 0 Å². The highest BCUT2D eigenvalue weighted by molar-refractivity contribution is 7.80. The van der Waals surface area contributed by atoms with Gasteiger partial charge in [-0.05, 0) is 61.0 Å². The lowest BCUT2D eigenvalue weighted by Crippen LogP contribution is -2.36. The van der Waals surface area contributed by atoms with Gasteiger partial charge in [0.25, 0.3) is 0 Å². The normalized spacial score (nSPS) is 24.1. The number of nitrogens with one attached hydrogen (secondary N) is 1. The fourth-order valence-corrected chi connectivity index (χ4v) is 4.64. The molecule has 2 fully saturated rings. The van der Waals surface area contributed by atoms with Gasteiger partial charge in [-0.3, -0.25) is 4.98 Å². The molecule has 2 aromatic heterocycles. The van der Waals surface area contributed by atoms with Crippen LogP contribution >= 0.6 is 12.2 Å². The molecule has 3 atom stereocenters. The molecule has 0 aliphatic carbocycles. The van der Waals surface area contributed by atoms with Crippen LogP contribution in [-0.2, 0) is 4.74 Å². The Morgan fingerprint density at radius 2 is 1.97 bits per heavy atom. The molecular weight excluding hydrogens is 380 g/mol.